The number of oxazole rings is 1. The van der Waals surface area contributed by atoms with Crippen LogP contribution in [0.1, 0.15) is 16.7 Å². The largest absolute Gasteiger partial charge is 0.464 e. The van der Waals surface area contributed by atoms with Crippen molar-refractivity contribution in [3.05, 3.63) is 59.7 Å². The fraction of sp³-hybridized carbons (Fsp3) is 0.167. The van der Waals surface area contributed by atoms with Gasteiger partial charge in [0.25, 0.3) is 0 Å². The van der Waals surface area contributed by atoms with Gasteiger partial charge in [-0.2, -0.15) is 5.10 Å². The molecule has 0 aliphatic heterocycles. The van der Waals surface area contributed by atoms with Gasteiger partial charge in [-0.1, -0.05) is 29.3 Å². The molecule has 0 aliphatic carbocycles. The van der Waals surface area contributed by atoms with E-state index in [9.17, 15) is 0 Å². The Hall–Kier alpha value is -2.30. The first-order valence-corrected chi connectivity index (χ1v) is 7.37. The molecule has 4 rings (SSSR count). The van der Waals surface area contributed by atoms with Crippen LogP contribution in [0.25, 0.3) is 28.2 Å². The molecule has 0 saturated heterocycles. The van der Waals surface area contributed by atoms with Crippen LogP contribution in [-0.4, -0.2) is 19.7 Å². The minimum absolute atomic E-state index is 0. The summed E-state index contributed by atoms with van der Waals surface area (Å²) in [6.07, 6.45) is 3.16. The fourth-order valence-corrected chi connectivity index (χ4v) is 3.12. The second-order valence-electron chi connectivity index (χ2n) is 5.69. The quantitative estimate of drug-likeness (QED) is 0.397. The summed E-state index contributed by atoms with van der Waals surface area (Å²) in [5, 5.41) is 8.40. The second kappa shape index (κ2) is 6.30. The Bertz CT molecular complexity index is 996. The van der Waals surface area contributed by atoms with Crippen molar-refractivity contribution in [2.45, 2.75) is 20.8 Å². The van der Waals surface area contributed by atoms with E-state index in [2.05, 4.69) is 54.2 Å². The standard InChI is InChI=1S/C18H15N4O.Ir/c1-11-7-12(2)17(13(3)8-11)22-9-20-21-18(22)14-5-4-6-15-16(14)19-10-23-15;/h4,6-10H,1-3H3;/q-1;. The van der Waals surface area contributed by atoms with Gasteiger partial charge in [0.15, 0.2) is 6.39 Å². The maximum atomic E-state index is 5.38. The van der Waals surface area contributed by atoms with Gasteiger partial charge < -0.3 is 8.98 Å². The maximum absolute atomic E-state index is 5.38. The molecule has 0 fully saturated rings. The van der Waals surface area contributed by atoms with E-state index in [4.69, 9.17) is 4.42 Å². The number of rotatable bonds is 2. The average Bonchev–Trinajstić information content (AvgIpc) is 3.14. The first kappa shape index (κ1) is 16.6. The third-order valence-electron chi connectivity index (χ3n) is 3.94. The Morgan fingerprint density at radius 1 is 1.12 bits per heavy atom. The van der Waals surface area contributed by atoms with E-state index in [1.165, 1.54) is 23.1 Å². The van der Waals surface area contributed by atoms with Gasteiger partial charge in [-0.25, -0.2) is 0 Å². The zero-order valence-corrected chi connectivity index (χ0v) is 15.9. The van der Waals surface area contributed by atoms with Crippen molar-refractivity contribution in [2.75, 3.05) is 0 Å². The number of nitrogens with zero attached hydrogens (tertiary/aromatic N) is 4. The van der Waals surface area contributed by atoms with Crippen molar-refractivity contribution in [1.29, 1.82) is 0 Å². The molecule has 24 heavy (non-hydrogen) atoms. The first-order valence-electron chi connectivity index (χ1n) is 7.37. The second-order valence-corrected chi connectivity index (χ2v) is 5.69. The summed E-state index contributed by atoms with van der Waals surface area (Å²) in [5.74, 6) is 0.708. The summed E-state index contributed by atoms with van der Waals surface area (Å²) in [6.45, 7) is 6.29. The van der Waals surface area contributed by atoms with Gasteiger partial charge in [0.1, 0.15) is 6.33 Å². The molecule has 0 atom stereocenters. The fourth-order valence-electron chi connectivity index (χ4n) is 3.12. The maximum Gasteiger partial charge on any atom is 0.170 e. The van der Waals surface area contributed by atoms with Gasteiger partial charge in [-0.3, -0.25) is 4.98 Å². The summed E-state index contributed by atoms with van der Waals surface area (Å²) in [6, 6.07) is 11.2. The van der Waals surface area contributed by atoms with E-state index in [0.29, 0.717) is 11.4 Å². The number of hydrogen-bond donors (Lipinski definition) is 0. The minimum atomic E-state index is 0. The Balaban J connectivity index is 0.00000169. The number of fused-ring (bicyclic) bond motifs is 1. The predicted octanol–water partition coefficient (Wildman–Crippen LogP) is 3.80. The van der Waals surface area contributed by atoms with E-state index < -0.39 is 0 Å². The van der Waals surface area contributed by atoms with Crippen LogP contribution < -0.4 is 0 Å². The molecule has 0 aliphatic rings. The molecule has 4 aromatic rings. The molecule has 0 bridgehead atoms. The number of hydrogen-bond acceptors (Lipinski definition) is 4. The normalized spacial score (nSPS) is 10.8. The van der Waals surface area contributed by atoms with E-state index in [0.717, 1.165) is 16.8 Å². The minimum Gasteiger partial charge on any atom is -0.464 e. The third-order valence-corrected chi connectivity index (χ3v) is 3.94. The molecule has 0 saturated carbocycles. The van der Waals surface area contributed by atoms with Gasteiger partial charge in [0.2, 0.25) is 0 Å². The van der Waals surface area contributed by atoms with Crippen LogP contribution in [0, 0.1) is 26.8 Å². The van der Waals surface area contributed by atoms with Crippen molar-refractivity contribution >= 4 is 11.1 Å². The smallest absolute Gasteiger partial charge is 0.170 e. The summed E-state index contributed by atoms with van der Waals surface area (Å²) >= 11 is 0. The summed E-state index contributed by atoms with van der Waals surface area (Å²) in [7, 11) is 0. The summed E-state index contributed by atoms with van der Waals surface area (Å²) in [4.78, 5) is 4.29. The van der Waals surface area contributed by atoms with Crippen LogP contribution in [0.4, 0.5) is 0 Å². The van der Waals surface area contributed by atoms with E-state index >= 15 is 0 Å². The zero-order valence-electron chi connectivity index (χ0n) is 13.5. The van der Waals surface area contributed by atoms with Gasteiger partial charge in [-0.15, -0.1) is 17.2 Å². The molecule has 2 aromatic heterocycles. The van der Waals surface area contributed by atoms with Crippen LogP contribution >= 0.6 is 0 Å². The molecule has 2 aromatic carbocycles. The van der Waals surface area contributed by atoms with Crippen molar-refractivity contribution in [2.24, 2.45) is 0 Å². The number of benzene rings is 2. The van der Waals surface area contributed by atoms with Crippen LogP contribution in [0.2, 0.25) is 0 Å². The Labute approximate surface area is 153 Å². The van der Waals surface area contributed by atoms with Crippen molar-refractivity contribution < 1.29 is 24.5 Å². The molecule has 123 valence electrons. The van der Waals surface area contributed by atoms with Crippen molar-refractivity contribution in [3.63, 3.8) is 0 Å². The Morgan fingerprint density at radius 2 is 1.88 bits per heavy atom. The molecular formula is C18H15IrN4O-. The topological polar surface area (TPSA) is 56.7 Å². The Kier molecular flexibility index (Phi) is 4.35. The van der Waals surface area contributed by atoms with Gasteiger partial charge >= 0.3 is 0 Å². The van der Waals surface area contributed by atoms with E-state index in [1.807, 2.05) is 16.7 Å². The first-order chi connectivity index (χ1) is 11.1. The van der Waals surface area contributed by atoms with E-state index in [1.54, 1.807) is 6.33 Å². The van der Waals surface area contributed by atoms with Gasteiger partial charge in [0, 0.05) is 31.3 Å². The van der Waals surface area contributed by atoms with E-state index in [-0.39, 0.29) is 20.1 Å². The molecule has 0 N–H and O–H groups in total. The van der Waals surface area contributed by atoms with Crippen molar-refractivity contribution in [3.8, 4) is 17.1 Å². The third kappa shape index (κ3) is 2.58. The van der Waals surface area contributed by atoms with Crippen LogP contribution in [0.5, 0.6) is 0 Å². The average molecular weight is 496 g/mol. The van der Waals surface area contributed by atoms with Crippen LogP contribution in [-0.2, 0) is 20.1 Å². The summed E-state index contributed by atoms with van der Waals surface area (Å²) in [5.41, 5.74) is 6.92. The molecule has 6 heteroatoms. The monoisotopic (exact) mass is 496 g/mol. The SMILES string of the molecule is Cc1cc(C)c(-n2cnnc2-c2[c-]ccc3ocnc23)c(C)c1.[Ir]. The Morgan fingerprint density at radius 3 is 2.62 bits per heavy atom. The van der Waals surface area contributed by atoms with Crippen LogP contribution in [0.15, 0.2) is 41.4 Å². The summed E-state index contributed by atoms with van der Waals surface area (Å²) < 4.78 is 7.37. The van der Waals surface area contributed by atoms with Gasteiger partial charge in [-0.05, 0) is 31.9 Å². The molecule has 0 amide bonds. The molecule has 0 unspecified atom stereocenters. The molecule has 5 nitrogen and oxygen atoms in total. The molecule has 2 heterocycles. The molecular weight excluding hydrogens is 480 g/mol. The number of aromatic nitrogens is 4. The zero-order chi connectivity index (χ0) is 16.0. The predicted molar refractivity (Wildman–Crippen MR) is 87.4 cm³/mol. The molecule has 0 spiro atoms. The van der Waals surface area contributed by atoms with Crippen molar-refractivity contribution in [1.82, 2.24) is 19.7 Å². The number of aryl methyl sites for hydroxylation is 3. The van der Waals surface area contributed by atoms with Crippen LogP contribution in [0.3, 0.4) is 0 Å². The van der Waals surface area contributed by atoms with Gasteiger partial charge in [0.05, 0.1) is 11.4 Å². The molecule has 1 radical (unpaired) electrons.